The summed E-state index contributed by atoms with van der Waals surface area (Å²) >= 11 is 0. The Labute approximate surface area is 114 Å². The topological polar surface area (TPSA) is 87.7 Å². The highest BCUT2D eigenvalue weighted by Gasteiger charge is 2.22. The number of carboxylic acids is 1. The molecule has 112 valence electrons. The van der Waals surface area contributed by atoms with Gasteiger partial charge in [-0.05, 0) is 26.7 Å². The van der Waals surface area contributed by atoms with Crippen LogP contribution < -0.4 is 10.6 Å². The van der Waals surface area contributed by atoms with E-state index in [0.29, 0.717) is 6.54 Å². The zero-order valence-electron chi connectivity index (χ0n) is 12.4. The summed E-state index contributed by atoms with van der Waals surface area (Å²) in [5.74, 6) is -0.686. The van der Waals surface area contributed by atoms with Crippen LogP contribution in [0, 0.1) is 5.92 Å². The van der Waals surface area contributed by atoms with E-state index < -0.39 is 17.7 Å². The number of carboxylic acid groups (broad SMARTS) is 1. The highest BCUT2D eigenvalue weighted by atomic mass is 16.6. The second-order valence-corrected chi connectivity index (χ2v) is 5.66. The van der Waals surface area contributed by atoms with E-state index in [1.807, 2.05) is 13.8 Å². The molecule has 0 aromatic carbocycles. The molecule has 0 heterocycles. The van der Waals surface area contributed by atoms with Crippen LogP contribution in [0.15, 0.2) is 0 Å². The molecule has 0 aromatic rings. The third-order valence-electron chi connectivity index (χ3n) is 2.67. The van der Waals surface area contributed by atoms with E-state index in [4.69, 9.17) is 9.84 Å². The number of hydrogen-bond acceptors (Lipinski definition) is 4. The molecule has 19 heavy (non-hydrogen) atoms. The monoisotopic (exact) mass is 274 g/mol. The Balaban J connectivity index is 4.34. The first kappa shape index (κ1) is 17.7. The molecule has 0 unspecified atom stereocenters. The van der Waals surface area contributed by atoms with Crippen molar-refractivity contribution in [2.75, 3.05) is 13.1 Å². The molecule has 0 rings (SSSR count). The van der Waals surface area contributed by atoms with Crippen LogP contribution in [0.25, 0.3) is 0 Å². The van der Waals surface area contributed by atoms with Crippen molar-refractivity contribution in [3.8, 4) is 0 Å². The predicted molar refractivity (Wildman–Crippen MR) is 73.1 cm³/mol. The van der Waals surface area contributed by atoms with Crippen LogP contribution in [0.2, 0.25) is 0 Å². The highest BCUT2D eigenvalue weighted by molar-refractivity contribution is 5.69. The summed E-state index contributed by atoms with van der Waals surface area (Å²) in [5, 5.41) is 14.2. The molecule has 0 saturated carbocycles. The molecule has 0 spiro atoms. The third-order valence-corrected chi connectivity index (χ3v) is 2.67. The van der Waals surface area contributed by atoms with E-state index in [2.05, 4.69) is 10.6 Å². The van der Waals surface area contributed by atoms with Crippen LogP contribution in [0.3, 0.4) is 0 Å². The summed E-state index contributed by atoms with van der Waals surface area (Å²) in [6, 6.07) is -0.154. The maximum atomic E-state index is 11.7. The van der Waals surface area contributed by atoms with Crippen LogP contribution in [0.5, 0.6) is 0 Å². The van der Waals surface area contributed by atoms with Gasteiger partial charge in [-0.3, -0.25) is 4.79 Å². The number of rotatable bonds is 7. The minimum atomic E-state index is -0.917. The molecular formula is C13H26N2O4. The number of aliphatic carboxylic acids is 1. The first-order chi connectivity index (χ1) is 8.65. The van der Waals surface area contributed by atoms with Crippen molar-refractivity contribution in [2.45, 2.75) is 52.7 Å². The van der Waals surface area contributed by atoms with Crippen LogP contribution >= 0.6 is 0 Å². The van der Waals surface area contributed by atoms with E-state index in [0.717, 1.165) is 6.42 Å². The number of alkyl carbamates (subject to hydrolysis) is 1. The first-order valence-corrected chi connectivity index (χ1v) is 6.57. The molecule has 0 bridgehead atoms. The van der Waals surface area contributed by atoms with Gasteiger partial charge in [0.25, 0.3) is 0 Å². The van der Waals surface area contributed by atoms with Crippen molar-refractivity contribution in [2.24, 2.45) is 5.92 Å². The molecule has 0 aromatic heterocycles. The zero-order chi connectivity index (χ0) is 15.1. The molecular weight excluding hydrogens is 248 g/mol. The molecule has 1 amide bonds. The lowest BCUT2D eigenvalue weighted by atomic mass is 9.99. The Kier molecular flexibility index (Phi) is 7.44. The van der Waals surface area contributed by atoms with E-state index in [1.54, 1.807) is 20.8 Å². The summed E-state index contributed by atoms with van der Waals surface area (Å²) in [5.41, 5.74) is -0.543. The standard InChI is InChI=1S/C13H26N2O4/c1-6-9(2)10(7-14-8-11(16)17)15-12(18)19-13(3,4)5/h9-10,14H,6-8H2,1-5H3,(H,15,18)(H,16,17)/t9-,10+/m0/s1. The number of carbonyl (C=O) groups is 2. The quantitative estimate of drug-likeness (QED) is 0.656. The van der Waals surface area contributed by atoms with E-state index in [1.165, 1.54) is 0 Å². The molecule has 2 atom stereocenters. The van der Waals surface area contributed by atoms with E-state index >= 15 is 0 Å². The molecule has 0 aliphatic heterocycles. The molecule has 0 fully saturated rings. The van der Waals surface area contributed by atoms with E-state index in [-0.39, 0.29) is 18.5 Å². The number of hydrogen-bond donors (Lipinski definition) is 3. The third kappa shape index (κ3) is 9.30. The first-order valence-electron chi connectivity index (χ1n) is 6.57. The maximum absolute atomic E-state index is 11.7. The van der Waals surface area contributed by atoms with Gasteiger partial charge in [-0.15, -0.1) is 0 Å². The lowest BCUT2D eigenvalue weighted by Gasteiger charge is -2.27. The SMILES string of the molecule is CC[C@H](C)[C@@H](CNCC(=O)O)NC(=O)OC(C)(C)C. The van der Waals surface area contributed by atoms with Crippen LogP contribution in [-0.4, -0.2) is 41.9 Å². The minimum absolute atomic E-state index is 0.122. The van der Waals surface area contributed by atoms with Gasteiger partial charge in [0.15, 0.2) is 0 Å². The van der Waals surface area contributed by atoms with Crippen molar-refractivity contribution in [3.63, 3.8) is 0 Å². The molecule has 0 aliphatic carbocycles. The van der Waals surface area contributed by atoms with Crippen molar-refractivity contribution < 1.29 is 19.4 Å². The van der Waals surface area contributed by atoms with Gasteiger partial charge in [-0.25, -0.2) is 4.79 Å². The normalized spacial score (nSPS) is 14.6. The van der Waals surface area contributed by atoms with Gasteiger partial charge in [0, 0.05) is 12.6 Å². The number of amides is 1. The fourth-order valence-electron chi connectivity index (χ4n) is 1.47. The smallest absolute Gasteiger partial charge is 0.407 e. The number of ether oxygens (including phenoxy) is 1. The van der Waals surface area contributed by atoms with Crippen LogP contribution in [0.1, 0.15) is 41.0 Å². The Morgan fingerprint density at radius 3 is 2.32 bits per heavy atom. The van der Waals surface area contributed by atoms with Gasteiger partial charge in [0.1, 0.15) is 5.60 Å². The summed E-state index contributed by atoms with van der Waals surface area (Å²) in [6.07, 6.45) is 0.407. The zero-order valence-corrected chi connectivity index (χ0v) is 12.4. The largest absolute Gasteiger partial charge is 0.480 e. The molecule has 0 radical (unpaired) electrons. The second kappa shape index (κ2) is 7.99. The lowest BCUT2D eigenvalue weighted by molar-refractivity contribution is -0.135. The average Bonchev–Trinajstić information content (AvgIpc) is 2.23. The van der Waals surface area contributed by atoms with E-state index in [9.17, 15) is 9.59 Å². The Hall–Kier alpha value is -1.30. The number of nitrogens with one attached hydrogen (secondary N) is 2. The molecule has 0 saturated heterocycles. The Morgan fingerprint density at radius 2 is 1.89 bits per heavy atom. The fraction of sp³-hybridized carbons (Fsp3) is 0.846. The summed E-state index contributed by atoms with van der Waals surface area (Å²) in [7, 11) is 0. The van der Waals surface area contributed by atoms with Crippen LogP contribution in [0.4, 0.5) is 4.79 Å². The van der Waals surface area contributed by atoms with Gasteiger partial charge in [0.05, 0.1) is 6.54 Å². The number of carbonyl (C=O) groups excluding carboxylic acids is 1. The van der Waals surface area contributed by atoms with Crippen molar-refractivity contribution >= 4 is 12.1 Å². The highest BCUT2D eigenvalue weighted by Crippen LogP contribution is 2.10. The second-order valence-electron chi connectivity index (χ2n) is 5.66. The van der Waals surface area contributed by atoms with Gasteiger partial charge < -0.3 is 20.5 Å². The molecule has 0 aliphatic rings. The van der Waals surface area contributed by atoms with Gasteiger partial charge in [0.2, 0.25) is 0 Å². The Morgan fingerprint density at radius 1 is 1.32 bits per heavy atom. The summed E-state index contributed by atoms with van der Waals surface area (Å²) < 4.78 is 5.20. The van der Waals surface area contributed by atoms with Crippen molar-refractivity contribution in [1.82, 2.24) is 10.6 Å². The fourth-order valence-corrected chi connectivity index (χ4v) is 1.47. The van der Waals surface area contributed by atoms with Crippen molar-refractivity contribution in [1.29, 1.82) is 0 Å². The Bertz CT molecular complexity index is 300. The molecule has 6 nitrogen and oxygen atoms in total. The predicted octanol–water partition coefficient (Wildman–Crippen LogP) is 1.60. The molecule has 3 N–H and O–H groups in total. The van der Waals surface area contributed by atoms with Gasteiger partial charge in [-0.1, -0.05) is 20.3 Å². The minimum Gasteiger partial charge on any atom is -0.480 e. The summed E-state index contributed by atoms with van der Waals surface area (Å²) in [4.78, 5) is 22.2. The van der Waals surface area contributed by atoms with Crippen molar-refractivity contribution in [3.05, 3.63) is 0 Å². The van der Waals surface area contributed by atoms with Crippen LogP contribution in [-0.2, 0) is 9.53 Å². The summed E-state index contributed by atoms with van der Waals surface area (Å²) in [6.45, 7) is 9.70. The maximum Gasteiger partial charge on any atom is 0.407 e. The molecule has 6 heteroatoms. The lowest BCUT2D eigenvalue weighted by Crippen LogP contribution is -2.48. The van der Waals surface area contributed by atoms with Gasteiger partial charge in [-0.2, -0.15) is 0 Å². The average molecular weight is 274 g/mol. The van der Waals surface area contributed by atoms with Gasteiger partial charge >= 0.3 is 12.1 Å².